The predicted octanol–water partition coefficient (Wildman–Crippen LogP) is 1.81. The van der Waals surface area contributed by atoms with E-state index < -0.39 is 75.6 Å². The van der Waals surface area contributed by atoms with Gasteiger partial charge >= 0.3 is 6.03 Å². The number of nitrogens with zero attached hydrogens (tertiary/aromatic N) is 2. The van der Waals surface area contributed by atoms with E-state index in [-0.39, 0.29) is 35.4 Å². The summed E-state index contributed by atoms with van der Waals surface area (Å²) in [4.78, 5) is 55.3. The number of aliphatic hydroxyl groups is 3. The van der Waals surface area contributed by atoms with Crippen LogP contribution in [0.1, 0.15) is 17.5 Å². The molecule has 0 bridgehead atoms. The number of phenolic OH excluding ortho intramolecular Hbond substituents is 1. The van der Waals surface area contributed by atoms with Crippen LogP contribution in [0.15, 0.2) is 47.2 Å². The number of nitrogens with two attached hydrogens (primary N) is 1. The van der Waals surface area contributed by atoms with E-state index >= 15 is 0 Å². The number of phenols is 1. The molecule has 232 valence electrons. The van der Waals surface area contributed by atoms with Gasteiger partial charge in [0.2, 0.25) is 5.78 Å². The summed E-state index contributed by atoms with van der Waals surface area (Å²) < 4.78 is 13.6. The number of nitrogens with one attached hydrogen (secondary N) is 2. The first-order valence-corrected chi connectivity index (χ1v) is 13.6. The molecule has 2 aromatic rings. The number of halogens is 1. The van der Waals surface area contributed by atoms with E-state index in [2.05, 4.69) is 10.6 Å². The van der Waals surface area contributed by atoms with Crippen molar-refractivity contribution < 1.29 is 44.0 Å². The molecule has 1 fully saturated rings. The number of ketones is 2. The summed E-state index contributed by atoms with van der Waals surface area (Å²) in [6.45, 7) is 0. The summed E-state index contributed by atoms with van der Waals surface area (Å²) >= 11 is 0. The van der Waals surface area contributed by atoms with Gasteiger partial charge in [-0.15, -0.1) is 0 Å². The minimum Gasteiger partial charge on any atom is -0.508 e. The van der Waals surface area contributed by atoms with Gasteiger partial charge in [-0.05, 0) is 62.7 Å². The molecule has 0 spiro atoms. The fraction of sp³-hybridized carbons (Fsp3) is 0.333. The molecule has 3 amide bonds. The second-order valence-corrected chi connectivity index (χ2v) is 11.6. The normalized spacial score (nSPS) is 24.5. The third-order valence-corrected chi connectivity index (χ3v) is 8.51. The first-order valence-electron chi connectivity index (χ1n) is 13.6. The number of carbonyl (C=O) groups is 4. The molecule has 1 saturated carbocycles. The lowest BCUT2D eigenvalue weighted by Gasteiger charge is -2.50. The Balaban J connectivity index is 1.64. The van der Waals surface area contributed by atoms with Crippen LogP contribution in [0.2, 0.25) is 0 Å². The number of Topliss-reactive ketones (excluding diaryl/α,β-unsaturated/α-hetero) is 2. The highest BCUT2D eigenvalue weighted by atomic mass is 19.1. The Kier molecular flexibility index (Phi) is 7.38. The van der Waals surface area contributed by atoms with Crippen LogP contribution in [0.5, 0.6) is 5.75 Å². The summed E-state index contributed by atoms with van der Waals surface area (Å²) in [7, 11) is 6.43. The lowest BCUT2D eigenvalue weighted by molar-refractivity contribution is -0.153. The van der Waals surface area contributed by atoms with Gasteiger partial charge in [-0.3, -0.25) is 19.3 Å². The number of rotatable bonds is 5. The number of aromatic hydroxyl groups is 1. The summed E-state index contributed by atoms with van der Waals surface area (Å²) in [5.41, 5.74) is 2.06. The number of amides is 3. The Bertz CT molecular complexity index is 1700. The smallest absolute Gasteiger partial charge is 0.323 e. The quantitative estimate of drug-likeness (QED) is 0.193. The molecular weight excluding hydrogens is 577 g/mol. The number of aliphatic hydroxyl groups excluding tert-OH is 2. The molecule has 13 nitrogen and oxygen atoms in total. The minimum atomic E-state index is -2.77. The first kappa shape index (κ1) is 30.5. The van der Waals surface area contributed by atoms with E-state index in [1.807, 2.05) is 0 Å². The van der Waals surface area contributed by atoms with Crippen molar-refractivity contribution in [2.75, 3.05) is 43.7 Å². The lowest BCUT2D eigenvalue weighted by Crippen LogP contribution is -2.65. The van der Waals surface area contributed by atoms with Gasteiger partial charge < -0.3 is 41.7 Å². The van der Waals surface area contributed by atoms with E-state index in [4.69, 9.17) is 5.73 Å². The molecule has 0 aromatic heterocycles. The first-order chi connectivity index (χ1) is 20.6. The Morgan fingerprint density at radius 3 is 2.34 bits per heavy atom. The van der Waals surface area contributed by atoms with E-state index in [1.165, 1.54) is 43.3 Å². The van der Waals surface area contributed by atoms with Crippen LogP contribution < -0.4 is 21.3 Å². The molecule has 0 saturated heterocycles. The number of carbonyl (C=O) groups excluding carboxylic acids is 4. The molecule has 14 heteroatoms. The third kappa shape index (κ3) is 4.53. The predicted molar refractivity (Wildman–Crippen MR) is 158 cm³/mol. The number of anilines is 3. The molecule has 4 atom stereocenters. The molecule has 3 aliphatic rings. The largest absolute Gasteiger partial charge is 0.508 e. The van der Waals surface area contributed by atoms with Crippen LogP contribution in [-0.2, 0) is 20.8 Å². The number of fused-ring (bicyclic) bond motifs is 3. The number of benzene rings is 2. The summed E-state index contributed by atoms with van der Waals surface area (Å²) in [6.07, 6.45) is 0.0147. The molecule has 2 aromatic carbocycles. The Labute approximate surface area is 251 Å². The average molecular weight is 610 g/mol. The fourth-order valence-electron chi connectivity index (χ4n) is 6.64. The third-order valence-electron chi connectivity index (χ3n) is 8.51. The molecular formula is C30H32FN5O8. The van der Waals surface area contributed by atoms with Crippen molar-refractivity contribution in [3.63, 3.8) is 0 Å². The number of hydrogen-bond acceptors (Lipinski definition) is 10. The van der Waals surface area contributed by atoms with Gasteiger partial charge in [0.25, 0.3) is 5.91 Å². The summed E-state index contributed by atoms with van der Waals surface area (Å²) in [5, 5.41) is 50.5. The van der Waals surface area contributed by atoms with Crippen molar-refractivity contribution in [1.29, 1.82) is 0 Å². The maximum absolute atomic E-state index is 14.1. The van der Waals surface area contributed by atoms with Crippen molar-refractivity contribution in [2.45, 2.75) is 24.5 Å². The van der Waals surface area contributed by atoms with Crippen LogP contribution in [-0.4, -0.2) is 88.7 Å². The summed E-state index contributed by atoms with van der Waals surface area (Å²) in [5.74, 6) is -8.32. The average Bonchev–Trinajstić information content (AvgIpc) is 2.91. The molecule has 5 rings (SSSR count). The van der Waals surface area contributed by atoms with Gasteiger partial charge in [0.1, 0.15) is 22.9 Å². The molecule has 8 N–H and O–H groups in total. The molecule has 0 unspecified atom stereocenters. The van der Waals surface area contributed by atoms with Crippen molar-refractivity contribution >= 4 is 46.3 Å². The minimum absolute atomic E-state index is 0.0601. The molecule has 44 heavy (non-hydrogen) atoms. The number of urea groups is 1. The van der Waals surface area contributed by atoms with Crippen LogP contribution in [0.25, 0.3) is 5.76 Å². The standard InChI is InChI=1S/C30H32FN5O8/c1-35(2)18-11-17(34-29(43)33-14-7-5-6-13(31)10-14)23(37)20-15(18)8-12-9-16-22(36(3)4)25(39)21(28(32)42)27(41)30(16,44)26(40)19(12)24(20)38/h5-7,10-12,16,22,37-38,41,44H,8-9H2,1-4H3,(H2,32,42)(H2,33,34,43)/t12-,16-,22-,30-/m1/s1. The van der Waals surface area contributed by atoms with Gasteiger partial charge in [0, 0.05) is 37.0 Å². The van der Waals surface area contributed by atoms with E-state index in [0.717, 1.165) is 6.07 Å². The zero-order valence-corrected chi connectivity index (χ0v) is 24.3. The highest BCUT2D eigenvalue weighted by Gasteiger charge is 2.64. The van der Waals surface area contributed by atoms with Crippen molar-refractivity contribution in [3.8, 4) is 5.75 Å². The Hall–Kier alpha value is -4.95. The maximum atomic E-state index is 14.1. The van der Waals surface area contributed by atoms with Crippen molar-refractivity contribution in [3.05, 3.63) is 64.2 Å². The van der Waals surface area contributed by atoms with Crippen LogP contribution in [0.4, 0.5) is 26.2 Å². The van der Waals surface area contributed by atoms with E-state index in [9.17, 15) is 44.0 Å². The maximum Gasteiger partial charge on any atom is 0.323 e. The number of likely N-dealkylation sites (N-methyl/N-ethyl adjacent to an activating group) is 1. The van der Waals surface area contributed by atoms with Gasteiger partial charge in [-0.25, -0.2) is 9.18 Å². The van der Waals surface area contributed by atoms with Crippen LogP contribution >= 0.6 is 0 Å². The molecule has 0 radical (unpaired) electrons. The van der Waals surface area contributed by atoms with Gasteiger partial charge in [-0.2, -0.15) is 0 Å². The van der Waals surface area contributed by atoms with Crippen LogP contribution in [0, 0.1) is 17.7 Å². The number of primary amides is 1. The summed E-state index contributed by atoms with van der Waals surface area (Å²) in [6, 6.07) is 4.58. The Morgan fingerprint density at radius 1 is 1.07 bits per heavy atom. The van der Waals surface area contributed by atoms with Gasteiger partial charge in [-0.1, -0.05) is 6.07 Å². The monoisotopic (exact) mass is 609 g/mol. The number of hydrogen-bond donors (Lipinski definition) is 7. The molecule has 0 heterocycles. The van der Waals surface area contributed by atoms with Gasteiger partial charge in [0.05, 0.1) is 17.3 Å². The second kappa shape index (κ2) is 10.6. The fourth-order valence-corrected chi connectivity index (χ4v) is 6.64. The zero-order chi connectivity index (χ0) is 32.4. The Morgan fingerprint density at radius 2 is 1.75 bits per heavy atom. The topological polar surface area (TPSA) is 206 Å². The molecule has 3 aliphatic carbocycles. The highest BCUT2D eigenvalue weighted by Crippen LogP contribution is 2.54. The van der Waals surface area contributed by atoms with E-state index in [0.29, 0.717) is 11.3 Å². The van der Waals surface area contributed by atoms with Crippen LogP contribution in [0.3, 0.4) is 0 Å². The highest BCUT2D eigenvalue weighted by molar-refractivity contribution is 6.24. The molecule has 0 aliphatic heterocycles. The lowest BCUT2D eigenvalue weighted by atomic mass is 9.57. The zero-order valence-electron chi connectivity index (χ0n) is 24.3. The second-order valence-electron chi connectivity index (χ2n) is 11.6. The van der Waals surface area contributed by atoms with Crippen molar-refractivity contribution in [2.24, 2.45) is 17.6 Å². The van der Waals surface area contributed by atoms with Gasteiger partial charge in [0.15, 0.2) is 17.1 Å². The van der Waals surface area contributed by atoms with E-state index in [1.54, 1.807) is 19.0 Å². The van der Waals surface area contributed by atoms with Crippen molar-refractivity contribution in [1.82, 2.24) is 4.90 Å². The SMILES string of the molecule is CN(C)c1cc(NC(=O)Nc2cccc(F)c2)c(O)c2c1C[C@@H]1C[C@@H]3[C@@H](N(C)C)C(=O)C(C(N)=O)=C(O)[C@]3(O)C(=O)C1=C2O.